The molecule has 1 amide bonds. The van der Waals surface area contributed by atoms with Crippen LogP contribution in [-0.2, 0) is 6.42 Å². The van der Waals surface area contributed by atoms with Crippen LogP contribution < -0.4 is 5.32 Å². The Kier molecular flexibility index (Phi) is 5.48. The Hall–Kier alpha value is -3.06. The lowest BCUT2D eigenvalue weighted by Crippen LogP contribution is -2.32. The molecule has 0 aliphatic carbocycles. The van der Waals surface area contributed by atoms with Crippen LogP contribution in [0, 0.1) is 5.92 Å². The molecule has 0 fully saturated rings. The van der Waals surface area contributed by atoms with Gasteiger partial charge >= 0.3 is 0 Å². The van der Waals surface area contributed by atoms with Gasteiger partial charge in [0.15, 0.2) is 0 Å². The minimum absolute atomic E-state index is 0.0180. The van der Waals surface area contributed by atoms with Crippen LogP contribution in [-0.4, -0.2) is 44.1 Å². The summed E-state index contributed by atoms with van der Waals surface area (Å²) in [6.45, 7) is 0.356. The van der Waals surface area contributed by atoms with Crippen LogP contribution >= 0.6 is 0 Å². The van der Waals surface area contributed by atoms with Crippen LogP contribution in [0.1, 0.15) is 16.1 Å². The molecule has 1 aromatic carbocycles. The number of nitrogens with zero attached hydrogens (tertiary/aromatic N) is 4. The Morgan fingerprint density at radius 3 is 2.84 bits per heavy atom. The molecule has 3 rings (SSSR count). The van der Waals surface area contributed by atoms with Gasteiger partial charge in [0.25, 0.3) is 5.91 Å². The van der Waals surface area contributed by atoms with Crippen molar-refractivity contribution in [2.24, 2.45) is 5.92 Å². The van der Waals surface area contributed by atoms with Gasteiger partial charge in [-0.3, -0.25) is 9.78 Å². The van der Waals surface area contributed by atoms with Crippen LogP contribution in [0.2, 0.25) is 0 Å². The molecule has 0 saturated carbocycles. The number of amides is 1. The molecule has 0 spiro atoms. The van der Waals surface area contributed by atoms with Crippen molar-refractivity contribution in [2.45, 2.75) is 6.42 Å². The molecule has 0 aliphatic rings. The fourth-order valence-electron chi connectivity index (χ4n) is 2.49. The minimum atomic E-state index is -0.193. The minimum Gasteiger partial charge on any atom is -0.396 e. The molecule has 1 unspecified atom stereocenters. The molecule has 2 N–H and O–H groups in total. The van der Waals surface area contributed by atoms with E-state index in [1.165, 1.54) is 0 Å². The van der Waals surface area contributed by atoms with E-state index in [1.54, 1.807) is 41.5 Å². The van der Waals surface area contributed by atoms with Gasteiger partial charge in [-0.2, -0.15) is 0 Å². The van der Waals surface area contributed by atoms with Crippen molar-refractivity contribution in [3.8, 4) is 5.69 Å². The number of hydrogen-bond acceptors (Lipinski definition) is 5. The number of aliphatic hydroxyl groups is 1. The van der Waals surface area contributed by atoms with Crippen LogP contribution in [0.25, 0.3) is 5.69 Å². The standard InChI is InChI=1S/C18H19N5O2/c24-13-14(10-16-5-1-2-7-19-16)12-20-18(25)15-4-3-6-17(11-15)23-9-8-21-22-23/h1-9,11,14,24H,10,12-13H2,(H,20,25). The quantitative estimate of drug-likeness (QED) is 0.677. The molecule has 1 atom stereocenters. The maximum absolute atomic E-state index is 12.4. The molecular formula is C18H19N5O2. The van der Waals surface area contributed by atoms with E-state index >= 15 is 0 Å². The highest BCUT2D eigenvalue weighted by molar-refractivity contribution is 5.94. The smallest absolute Gasteiger partial charge is 0.251 e. The predicted molar refractivity (Wildman–Crippen MR) is 92.2 cm³/mol. The first kappa shape index (κ1) is 16.8. The van der Waals surface area contributed by atoms with Crippen molar-refractivity contribution in [2.75, 3.05) is 13.2 Å². The highest BCUT2D eigenvalue weighted by atomic mass is 16.3. The third-order valence-corrected chi connectivity index (χ3v) is 3.83. The molecule has 128 valence electrons. The topological polar surface area (TPSA) is 92.9 Å². The third-order valence-electron chi connectivity index (χ3n) is 3.83. The monoisotopic (exact) mass is 337 g/mol. The molecule has 2 aromatic heterocycles. The Morgan fingerprint density at radius 2 is 2.12 bits per heavy atom. The zero-order valence-electron chi connectivity index (χ0n) is 13.6. The zero-order chi connectivity index (χ0) is 17.5. The summed E-state index contributed by atoms with van der Waals surface area (Å²) in [5.74, 6) is -0.279. The fraction of sp³-hybridized carbons (Fsp3) is 0.222. The summed E-state index contributed by atoms with van der Waals surface area (Å²) < 4.78 is 1.59. The summed E-state index contributed by atoms with van der Waals surface area (Å²) in [5, 5.41) is 20.1. The molecule has 3 aromatic rings. The van der Waals surface area contributed by atoms with Crippen molar-refractivity contribution in [3.63, 3.8) is 0 Å². The van der Waals surface area contributed by atoms with Crippen molar-refractivity contribution in [1.82, 2.24) is 25.3 Å². The Labute approximate surface area is 145 Å². The second-order valence-electron chi connectivity index (χ2n) is 5.68. The maximum Gasteiger partial charge on any atom is 0.251 e. The van der Waals surface area contributed by atoms with Gasteiger partial charge in [0.05, 0.1) is 18.1 Å². The van der Waals surface area contributed by atoms with E-state index in [0.29, 0.717) is 18.5 Å². The van der Waals surface area contributed by atoms with E-state index in [2.05, 4.69) is 20.6 Å². The number of nitrogens with one attached hydrogen (secondary N) is 1. The normalized spacial score (nSPS) is 11.9. The number of benzene rings is 1. The van der Waals surface area contributed by atoms with E-state index in [0.717, 1.165) is 11.4 Å². The van der Waals surface area contributed by atoms with Gasteiger partial charge in [-0.05, 0) is 36.8 Å². The average Bonchev–Trinajstić information content (AvgIpc) is 3.20. The number of rotatable bonds is 7. The summed E-state index contributed by atoms with van der Waals surface area (Å²) in [4.78, 5) is 16.6. The molecule has 0 saturated heterocycles. The number of carbonyl (C=O) groups excluding carboxylic acids is 1. The Bertz CT molecular complexity index is 805. The van der Waals surface area contributed by atoms with Crippen molar-refractivity contribution < 1.29 is 9.90 Å². The number of aliphatic hydroxyl groups excluding tert-OH is 1. The van der Waals surface area contributed by atoms with Crippen LogP contribution in [0.3, 0.4) is 0 Å². The molecule has 25 heavy (non-hydrogen) atoms. The lowest BCUT2D eigenvalue weighted by atomic mass is 10.0. The molecule has 0 bridgehead atoms. The number of aromatic nitrogens is 4. The van der Waals surface area contributed by atoms with Gasteiger partial charge in [0.2, 0.25) is 0 Å². The molecule has 2 heterocycles. The first-order valence-corrected chi connectivity index (χ1v) is 8.02. The van der Waals surface area contributed by atoms with E-state index in [1.807, 2.05) is 24.3 Å². The Morgan fingerprint density at radius 1 is 1.20 bits per heavy atom. The van der Waals surface area contributed by atoms with Crippen molar-refractivity contribution in [1.29, 1.82) is 0 Å². The van der Waals surface area contributed by atoms with Gasteiger partial charge in [-0.15, -0.1) is 5.10 Å². The van der Waals surface area contributed by atoms with E-state index in [9.17, 15) is 9.90 Å². The van der Waals surface area contributed by atoms with Gasteiger partial charge in [-0.25, -0.2) is 4.68 Å². The highest BCUT2D eigenvalue weighted by Crippen LogP contribution is 2.10. The predicted octanol–water partition coefficient (Wildman–Crippen LogP) is 1.24. The summed E-state index contributed by atoms with van der Waals surface area (Å²) in [6, 6.07) is 12.8. The highest BCUT2D eigenvalue weighted by Gasteiger charge is 2.13. The second-order valence-corrected chi connectivity index (χ2v) is 5.68. The Balaban J connectivity index is 1.61. The van der Waals surface area contributed by atoms with Gasteiger partial charge in [-0.1, -0.05) is 17.3 Å². The average molecular weight is 337 g/mol. The van der Waals surface area contributed by atoms with Crippen LogP contribution in [0.5, 0.6) is 0 Å². The SMILES string of the molecule is O=C(NCC(CO)Cc1ccccn1)c1cccc(-n2ccnn2)c1. The molecule has 7 nitrogen and oxygen atoms in total. The van der Waals surface area contributed by atoms with E-state index in [4.69, 9.17) is 0 Å². The maximum atomic E-state index is 12.4. The number of hydrogen-bond donors (Lipinski definition) is 2. The first-order valence-electron chi connectivity index (χ1n) is 8.02. The number of carbonyl (C=O) groups is 1. The molecule has 0 radical (unpaired) electrons. The summed E-state index contributed by atoms with van der Waals surface area (Å²) in [6.07, 6.45) is 5.62. The lowest BCUT2D eigenvalue weighted by molar-refractivity contribution is 0.0939. The van der Waals surface area contributed by atoms with Gasteiger partial charge in [0, 0.05) is 36.5 Å². The summed E-state index contributed by atoms with van der Waals surface area (Å²) >= 11 is 0. The zero-order valence-corrected chi connectivity index (χ0v) is 13.6. The van der Waals surface area contributed by atoms with Crippen molar-refractivity contribution in [3.05, 3.63) is 72.3 Å². The van der Waals surface area contributed by atoms with Crippen LogP contribution in [0.4, 0.5) is 0 Å². The fourth-order valence-corrected chi connectivity index (χ4v) is 2.49. The number of pyridine rings is 1. The lowest BCUT2D eigenvalue weighted by Gasteiger charge is -2.15. The first-order chi connectivity index (χ1) is 12.3. The second kappa shape index (κ2) is 8.16. The molecule has 0 aliphatic heterocycles. The largest absolute Gasteiger partial charge is 0.396 e. The molecular weight excluding hydrogens is 318 g/mol. The third kappa shape index (κ3) is 4.48. The molecule has 7 heteroatoms. The van der Waals surface area contributed by atoms with E-state index < -0.39 is 0 Å². The summed E-state index contributed by atoms with van der Waals surface area (Å²) in [5.41, 5.74) is 2.18. The van der Waals surface area contributed by atoms with Crippen LogP contribution in [0.15, 0.2) is 61.1 Å². The van der Waals surface area contributed by atoms with E-state index in [-0.39, 0.29) is 18.4 Å². The van der Waals surface area contributed by atoms with Crippen molar-refractivity contribution >= 4 is 5.91 Å². The van der Waals surface area contributed by atoms with Gasteiger partial charge in [0.1, 0.15) is 0 Å². The summed E-state index contributed by atoms with van der Waals surface area (Å²) in [7, 11) is 0. The van der Waals surface area contributed by atoms with Gasteiger partial charge < -0.3 is 10.4 Å².